The number of aliphatic hydroxyl groups is 1. The number of hydrogen-bond acceptors (Lipinski definition) is 3. The van der Waals surface area contributed by atoms with Crippen molar-refractivity contribution in [2.45, 2.75) is 30.3 Å². The lowest BCUT2D eigenvalue weighted by atomic mass is 9.76. The molecule has 7 heteroatoms. The van der Waals surface area contributed by atoms with E-state index in [0.717, 1.165) is 31.4 Å². The van der Waals surface area contributed by atoms with Crippen LogP contribution >= 0.6 is 0 Å². The number of aliphatic hydroxyl groups excluding tert-OH is 1. The Bertz CT molecular complexity index is 636. The molecule has 4 nitrogen and oxygen atoms in total. The zero-order valence-electron chi connectivity index (χ0n) is 11.4. The number of nitrogens with zero attached hydrogens (tertiary/aromatic N) is 1. The summed E-state index contributed by atoms with van der Waals surface area (Å²) >= 11 is 0. The predicted octanol–water partition coefficient (Wildman–Crippen LogP) is 1.75. The molecule has 1 saturated carbocycles. The molecule has 1 aliphatic carbocycles. The first kappa shape index (κ1) is 14.9. The maximum atomic E-state index is 13.8. The quantitative estimate of drug-likeness (QED) is 0.904. The van der Waals surface area contributed by atoms with Gasteiger partial charge in [0.2, 0.25) is 10.0 Å². The highest BCUT2D eigenvalue weighted by atomic mass is 32.2. The summed E-state index contributed by atoms with van der Waals surface area (Å²) in [6.07, 6.45) is 1.99. The Hall–Kier alpha value is -1.05. The van der Waals surface area contributed by atoms with Crippen LogP contribution in [0, 0.1) is 23.5 Å². The van der Waals surface area contributed by atoms with Crippen molar-refractivity contribution in [1.82, 2.24) is 4.31 Å². The van der Waals surface area contributed by atoms with Crippen molar-refractivity contribution >= 4 is 10.0 Å². The molecule has 1 N–H and O–H groups in total. The van der Waals surface area contributed by atoms with Crippen LogP contribution in [0.1, 0.15) is 19.3 Å². The summed E-state index contributed by atoms with van der Waals surface area (Å²) in [5.74, 6) is -2.75. The average Bonchev–Trinajstić information content (AvgIpc) is 2.41. The maximum Gasteiger partial charge on any atom is 0.246 e. The first-order chi connectivity index (χ1) is 9.91. The van der Waals surface area contributed by atoms with Gasteiger partial charge in [0.15, 0.2) is 11.6 Å². The highest BCUT2D eigenvalue weighted by molar-refractivity contribution is 7.89. The Morgan fingerprint density at radius 3 is 2.38 bits per heavy atom. The molecule has 0 radical (unpaired) electrons. The van der Waals surface area contributed by atoms with Gasteiger partial charge in [0.25, 0.3) is 0 Å². The first-order valence-corrected chi connectivity index (χ1v) is 8.47. The van der Waals surface area contributed by atoms with Gasteiger partial charge in [-0.2, -0.15) is 4.31 Å². The van der Waals surface area contributed by atoms with E-state index in [1.54, 1.807) is 0 Å². The standard InChI is InChI=1S/C14H17F2NO3S/c15-11-5-2-6-12(13(11)16)21(19,20)17-7-9-3-1-4-10(8-17)14(9)18/h2,5-6,9-10,14,18H,1,3-4,7-8H2/t9-,10-/m0/s1. The van der Waals surface area contributed by atoms with Gasteiger partial charge in [-0.05, 0) is 36.8 Å². The monoisotopic (exact) mass is 317 g/mol. The fourth-order valence-corrected chi connectivity index (χ4v) is 5.01. The van der Waals surface area contributed by atoms with Crippen molar-refractivity contribution in [1.29, 1.82) is 0 Å². The second-order valence-electron chi connectivity index (χ2n) is 5.82. The second kappa shape index (κ2) is 5.30. The molecule has 3 rings (SSSR count). The van der Waals surface area contributed by atoms with Gasteiger partial charge in [-0.15, -0.1) is 0 Å². The summed E-state index contributed by atoms with van der Waals surface area (Å²) in [4.78, 5) is -0.628. The van der Waals surface area contributed by atoms with Crippen LogP contribution in [0.2, 0.25) is 0 Å². The average molecular weight is 317 g/mol. The molecule has 2 fully saturated rings. The van der Waals surface area contributed by atoms with E-state index in [9.17, 15) is 22.3 Å². The van der Waals surface area contributed by atoms with Crippen LogP contribution in [0.5, 0.6) is 0 Å². The molecule has 1 heterocycles. The van der Waals surface area contributed by atoms with Gasteiger partial charge >= 0.3 is 0 Å². The number of piperidine rings is 1. The van der Waals surface area contributed by atoms with E-state index in [2.05, 4.69) is 0 Å². The van der Waals surface area contributed by atoms with E-state index in [4.69, 9.17) is 0 Å². The van der Waals surface area contributed by atoms with E-state index >= 15 is 0 Å². The van der Waals surface area contributed by atoms with Crippen LogP contribution in [0.4, 0.5) is 8.78 Å². The lowest BCUT2D eigenvalue weighted by Crippen LogP contribution is -2.53. The third-order valence-electron chi connectivity index (χ3n) is 4.53. The van der Waals surface area contributed by atoms with Crippen molar-refractivity contribution < 1.29 is 22.3 Å². The minimum Gasteiger partial charge on any atom is -0.392 e. The summed E-state index contributed by atoms with van der Waals surface area (Å²) in [6.45, 7) is 0.325. The Morgan fingerprint density at radius 1 is 1.14 bits per heavy atom. The van der Waals surface area contributed by atoms with Crippen molar-refractivity contribution in [2.75, 3.05) is 13.1 Å². The van der Waals surface area contributed by atoms with Crippen molar-refractivity contribution in [3.63, 3.8) is 0 Å². The van der Waals surface area contributed by atoms with Gasteiger partial charge < -0.3 is 5.11 Å². The molecule has 1 saturated heterocycles. The molecule has 0 aromatic heterocycles. The van der Waals surface area contributed by atoms with Gasteiger partial charge in [-0.25, -0.2) is 17.2 Å². The molecule has 1 aromatic carbocycles. The molecule has 2 aliphatic rings. The predicted molar refractivity (Wildman–Crippen MR) is 72.0 cm³/mol. The van der Waals surface area contributed by atoms with Gasteiger partial charge in [-0.3, -0.25) is 0 Å². The summed E-state index contributed by atoms with van der Waals surface area (Å²) < 4.78 is 53.3. The highest BCUT2D eigenvalue weighted by Crippen LogP contribution is 2.37. The number of fused-ring (bicyclic) bond motifs is 2. The fraction of sp³-hybridized carbons (Fsp3) is 0.571. The van der Waals surface area contributed by atoms with Gasteiger partial charge in [0.1, 0.15) is 4.90 Å². The zero-order valence-corrected chi connectivity index (χ0v) is 12.2. The van der Waals surface area contributed by atoms with Gasteiger partial charge in [0, 0.05) is 13.1 Å². The van der Waals surface area contributed by atoms with Crippen molar-refractivity contribution in [3.8, 4) is 0 Å². The molecule has 0 amide bonds. The van der Waals surface area contributed by atoms with Crippen LogP contribution in [-0.4, -0.2) is 37.0 Å². The van der Waals surface area contributed by atoms with Crippen LogP contribution in [0.25, 0.3) is 0 Å². The molecule has 116 valence electrons. The number of sulfonamides is 1. The summed E-state index contributed by atoms with van der Waals surface area (Å²) in [5.41, 5.74) is 0. The smallest absolute Gasteiger partial charge is 0.246 e. The molecular weight excluding hydrogens is 300 g/mol. The molecule has 1 aromatic rings. The van der Waals surface area contributed by atoms with Crippen LogP contribution in [-0.2, 0) is 10.0 Å². The van der Waals surface area contributed by atoms with E-state index in [-0.39, 0.29) is 24.9 Å². The van der Waals surface area contributed by atoms with E-state index in [1.807, 2.05) is 0 Å². The molecule has 21 heavy (non-hydrogen) atoms. The SMILES string of the molecule is O=S(=O)(c1cccc(F)c1F)N1C[C@@H]2CCC[C@@H](C1)C2O. The Labute approximate surface area is 122 Å². The first-order valence-electron chi connectivity index (χ1n) is 7.03. The molecule has 1 aliphatic heterocycles. The molecule has 0 unspecified atom stereocenters. The minimum absolute atomic E-state index is 0.121. The van der Waals surface area contributed by atoms with Crippen LogP contribution < -0.4 is 0 Å². The van der Waals surface area contributed by atoms with Gasteiger partial charge in [-0.1, -0.05) is 12.5 Å². The number of hydrogen-bond donors (Lipinski definition) is 1. The topological polar surface area (TPSA) is 57.6 Å². The van der Waals surface area contributed by atoms with Crippen LogP contribution in [0.15, 0.2) is 23.1 Å². The van der Waals surface area contributed by atoms with E-state index in [0.29, 0.717) is 0 Å². The fourth-order valence-electron chi connectivity index (χ4n) is 3.38. The van der Waals surface area contributed by atoms with E-state index < -0.39 is 32.7 Å². The summed E-state index contributed by atoms with van der Waals surface area (Å²) in [7, 11) is -4.07. The molecule has 2 bridgehead atoms. The van der Waals surface area contributed by atoms with E-state index in [1.165, 1.54) is 10.4 Å². The largest absolute Gasteiger partial charge is 0.392 e. The highest BCUT2D eigenvalue weighted by Gasteiger charge is 2.43. The van der Waals surface area contributed by atoms with Crippen LogP contribution in [0.3, 0.4) is 0 Å². The lowest BCUT2D eigenvalue weighted by molar-refractivity contribution is -0.0270. The third kappa shape index (κ3) is 2.47. The Kier molecular flexibility index (Phi) is 3.75. The zero-order chi connectivity index (χ0) is 15.2. The van der Waals surface area contributed by atoms with Gasteiger partial charge in [0.05, 0.1) is 6.10 Å². The number of halogens is 2. The Balaban J connectivity index is 1.94. The number of rotatable bonds is 2. The third-order valence-corrected chi connectivity index (χ3v) is 6.38. The maximum absolute atomic E-state index is 13.8. The number of benzene rings is 1. The lowest BCUT2D eigenvalue weighted by Gasteiger charge is -2.44. The summed E-state index contributed by atoms with van der Waals surface area (Å²) in [5, 5.41) is 10.1. The molecule has 0 spiro atoms. The summed E-state index contributed by atoms with van der Waals surface area (Å²) in [6, 6.07) is 3.16. The van der Waals surface area contributed by atoms with Crippen molar-refractivity contribution in [3.05, 3.63) is 29.8 Å². The normalized spacial score (nSPS) is 30.3. The Morgan fingerprint density at radius 2 is 1.76 bits per heavy atom. The molecular formula is C14H17F2NO3S. The molecule has 2 atom stereocenters. The van der Waals surface area contributed by atoms with Crippen molar-refractivity contribution in [2.24, 2.45) is 11.8 Å². The second-order valence-corrected chi connectivity index (χ2v) is 7.72. The minimum atomic E-state index is -4.07.